The lowest BCUT2D eigenvalue weighted by Gasteiger charge is -2.28. The molecular weight excluding hydrogens is 316 g/mol. The number of amides is 1. The molecule has 2 rings (SSSR count). The van der Waals surface area contributed by atoms with Gasteiger partial charge in [-0.2, -0.15) is 5.26 Å². The molecule has 0 aliphatic rings. The van der Waals surface area contributed by atoms with Crippen molar-refractivity contribution in [1.29, 1.82) is 5.26 Å². The molecule has 0 spiro atoms. The Kier molecular flexibility index (Phi) is 5.91. The average molecular weight is 336 g/mol. The lowest BCUT2D eigenvalue weighted by atomic mass is 9.88. The Bertz CT molecular complexity index is 729. The van der Waals surface area contributed by atoms with Gasteiger partial charge in [0.15, 0.2) is 0 Å². The maximum absolute atomic E-state index is 13.0. The first-order valence-electron chi connectivity index (χ1n) is 8.00. The van der Waals surface area contributed by atoms with Gasteiger partial charge in [0.05, 0.1) is 12.0 Å². The molecule has 0 radical (unpaired) electrons. The number of carboxylic acid groups (broad SMARTS) is 1. The summed E-state index contributed by atoms with van der Waals surface area (Å²) in [6, 6.07) is 20.4. The second kappa shape index (κ2) is 8.11. The van der Waals surface area contributed by atoms with Crippen LogP contribution in [0.15, 0.2) is 60.7 Å². The Hall–Kier alpha value is -3.13. The second-order valence-electron chi connectivity index (χ2n) is 6.04. The molecule has 2 N–H and O–H groups in total. The minimum Gasteiger partial charge on any atom is -0.480 e. The molecule has 0 bridgehead atoms. The minimum atomic E-state index is -1.49. The predicted molar refractivity (Wildman–Crippen MR) is 93.8 cm³/mol. The molecule has 1 atom stereocenters. The van der Waals surface area contributed by atoms with Crippen molar-refractivity contribution in [2.75, 3.05) is 0 Å². The molecule has 1 amide bonds. The smallest absolute Gasteiger partial charge is 0.329 e. The minimum absolute atomic E-state index is 0.0425. The third-order valence-electron chi connectivity index (χ3n) is 4.14. The quantitative estimate of drug-likeness (QED) is 0.813. The zero-order valence-electron chi connectivity index (χ0n) is 14.0. The summed E-state index contributed by atoms with van der Waals surface area (Å²) in [5.74, 6) is -2.18. The van der Waals surface area contributed by atoms with Gasteiger partial charge in [0, 0.05) is 6.42 Å². The summed E-state index contributed by atoms with van der Waals surface area (Å²) in [5.41, 5.74) is 0.0627. The highest BCUT2D eigenvalue weighted by Crippen LogP contribution is 2.26. The molecule has 128 valence electrons. The van der Waals surface area contributed by atoms with Crippen molar-refractivity contribution in [3.8, 4) is 6.07 Å². The number of nitriles is 1. The average Bonchev–Trinajstić information content (AvgIpc) is 2.62. The zero-order chi connectivity index (χ0) is 18.3. The van der Waals surface area contributed by atoms with Gasteiger partial charge in [-0.05, 0) is 24.5 Å². The number of carboxylic acids is 1. The summed E-state index contributed by atoms with van der Waals surface area (Å²) in [7, 11) is 0. The van der Waals surface area contributed by atoms with E-state index in [9.17, 15) is 14.7 Å². The molecule has 5 nitrogen and oxygen atoms in total. The number of carbonyl (C=O) groups is 2. The molecule has 0 aliphatic heterocycles. The van der Waals surface area contributed by atoms with E-state index in [1.807, 2.05) is 66.7 Å². The standard InChI is InChI=1S/C20H20N2O3/c1-20(19(24)25,13-8-14-21)22-18(23)17(15-9-4-2-5-10-15)16-11-6-3-7-12-16/h2-7,9-12,17H,8,13H2,1H3,(H,22,23)(H,24,25). The van der Waals surface area contributed by atoms with Gasteiger partial charge in [0.1, 0.15) is 5.54 Å². The van der Waals surface area contributed by atoms with E-state index >= 15 is 0 Å². The SMILES string of the molecule is CC(CCC#N)(NC(=O)C(c1ccccc1)c1ccccc1)C(=O)O. The molecule has 2 aromatic rings. The summed E-state index contributed by atoms with van der Waals surface area (Å²) >= 11 is 0. The highest BCUT2D eigenvalue weighted by Gasteiger charge is 2.37. The van der Waals surface area contributed by atoms with Crippen molar-refractivity contribution in [3.05, 3.63) is 71.8 Å². The van der Waals surface area contributed by atoms with Gasteiger partial charge < -0.3 is 10.4 Å². The maximum atomic E-state index is 13.0. The molecule has 0 saturated carbocycles. The van der Waals surface area contributed by atoms with E-state index in [-0.39, 0.29) is 12.8 Å². The van der Waals surface area contributed by atoms with Crippen LogP contribution >= 0.6 is 0 Å². The highest BCUT2D eigenvalue weighted by atomic mass is 16.4. The van der Waals surface area contributed by atoms with Crippen LogP contribution in [0.5, 0.6) is 0 Å². The fourth-order valence-corrected chi connectivity index (χ4v) is 2.66. The Morgan fingerprint density at radius 2 is 1.56 bits per heavy atom. The number of hydrogen-bond acceptors (Lipinski definition) is 3. The van der Waals surface area contributed by atoms with Crippen molar-refractivity contribution in [2.24, 2.45) is 0 Å². The van der Waals surface area contributed by atoms with E-state index in [0.29, 0.717) is 0 Å². The number of hydrogen-bond donors (Lipinski definition) is 2. The van der Waals surface area contributed by atoms with Gasteiger partial charge in [-0.15, -0.1) is 0 Å². The first kappa shape index (κ1) is 18.2. The molecule has 0 fully saturated rings. The van der Waals surface area contributed by atoms with E-state index in [2.05, 4.69) is 5.32 Å². The summed E-state index contributed by atoms with van der Waals surface area (Å²) in [4.78, 5) is 24.6. The summed E-state index contributed by atoms with van der Waals surface area (Å²) in [6.45, 7) is 1.43. The molecule has 5 heteroatoms. The van der Waals surface area contributed by atoms with Gasteiger partial charge in [0.2, 0.25) is 5.91 Å². The monoisotopic (exact) mass is 336 g/mol. The van der Waals surface area contributed by atoms with Crippen LogP contribution in [0.25, 0.3) is 0 Å². The zero-order valence-corrected chi connectivity index (χ0v) is 14.0. The number of rotatable bonds is 7. The number of aliphatic carboxylic acids is 1. The fourth-order valence-electron chi connectivity index (χ4n) is 2.66. The van der Waals surface area contributed by atoms with E-state index in [0.717, 1.165) is 11.1 Å². The molecule has 25 heavy (non-hydrogen) atoms. The fraction of sp³-hybridized carbons (Fsp3) is 0.250. The lowest BCUT2D eigenvalue weighted by Crippen LogP contribution is -2.53. The van der Waals surface area contributed by atoms with Gasteiger partial charge in [0.25, 0.3) is 0 Å². The molecule has 0 saturated heterocycles. The van der Waals surface area contributed by atoms with Crippen molar-refractivity contribution in [2.45, 2.75) is 31.2 Å². The van der Waals surface area contributed by atoms with E-state index in [1.54, 1.807) is 0 Å². The van der Waals surface area contributed by atoms with Crippen LogP contribution in [0, 0.1) is 11.3 Å². The van der Waals surface area contributed by atoms with Crippen molar-refractivity contribution >= 4 is 11.9 Å². The molecule has 1 unspecified atom stereocenters. The van der Waals surface area contributed by atoms with Gasteiger partial charge in [-0.25, -0.2) is 4.79 Å². The van der Waals surface area contributed by atoms with Crippen LogP contribution in [0.2, 0.25) is 0 Å². The Labute approximate surface area is 146 Å². The van der Waals surface area contributed by atoms with Crippen molar-refractivity contribution < 1.29 is 14.7 Å². The Morgan fingerprint density at radius 1 is 1.08 bits per heavy atom. The molecule has 0 heterocycles. The number of carbonyl (C=O) groups excluding carboxylic acids is 1. The van der Waals surface area contributed by atoms with Crippen molar-refractivity contribution in [3.63, 3.8) is 0 Å². The Morgan fingerprint density at radius 3 is 1.96 bits per heavy atom. The Balaban J connectivity index is 2.36. The van der Waals surface area contributed by atoms with Crippen LogP contribution in [0.4, 0.5) is 0 Å². The highest BCUT2D eigenvalue weighted by molar-refractivity contribution is 5.92. The first-order chi connectivity index (χ1) is 12.0. The number of benzene rings is 2. The predicted octanol–water partition coefficient (Wildman–Crippen LogP) is 3.08. The van der Waals surface area contributed by atoms with Crippen LogP contribution in [0.1, 0.15) is 36.8 Å². The summed E-state index contributed by atoms with van der Waals surface area (Å²) in [5, 5.41) is 20.9. The third kappa shape index (κ3) is 4.45. The van der Waals surface area contributed by atoms with Gasteiger partial charge in [-0.3, -0.25) is 4.79 Å². The van der Waals surface area contributed by atoms with Gasteiger partial charge in [-0.1, -0.05) is 60.7 Å². The van der Waals surface area contributed by atoms with Crippen LogP contribution in [-0.2, 0) is 9.59 Å². The maximum Gasteiger partial charge on any atom is 0.329 e. The van der Waals surface area contributed by atoms with Crippen LogP contribution < -0.4 is 5.32 Å². The second-order valence-corrected chi connectivity index (χ2v) is 6.04. The van der Waals surface area contributed by atoms with Gasteiger partial charge >= 0.3 is 5.97 Å². The summed E-state index contributed by atoms with van der Waals surface area (Å²) in [6.07, 6.45) is 0.0886. The third-order valence-corrected chi connectivity index (χ3v) is 4.14. The van der Waals surface area contributed by atoms with Crippen molar-refractivity contribution in [1.82, 2.24) is 5.32 Å². The molecule has 0 aromatic heterocycles. The van der Waals surface area contributed by atoms with Crippen LogP contribution in [0.3, 0.4) is 0 Å². The summed E-state index contributed by atoms with van der Waals surface area (Å²) < 4.78 is 0. The van der Waals surface area contributed by atoms with E-state index in [4.69, 9.17) is 5.26 Å². The lowest BCUT2D eigenvalue weighted by molar-refractivity contribution is -0.147. The number of nitrogens with one attached hydrogen (secondary N) is 1. The topological polar surface area (TPSA) is 90.2 Å². The van der Waals surface area contributed by atoms with E-state index < -0.39 is 23.3 Å². The molecule has 2 aromatic carbocycles. The van der Waals surface area contributed by atoms with E-state index in [1.165, 1.54) is 6.92 Å². The number of nitrogens with zero attached hydrogens (tertiary/aromatic N) is 1. The first-order valence-corrected chi connectivity index (χ1v) is 8.00. The largest absolute Gasteiger partial charge is 0.480 e. The van der Waals surface area contributed by atoms with Crippen LogP contribution in [-0.4, -0.2) is 22.5 Å². The normalized spacial score (nSPS) is 12.8. The molecular formula is C20H20N2O3. The molecule has 0 aliphatic carbocycles.